The number of rotatable bonds is 5. The third-order valence-electron chi connectivity index (χ3n) is 3.47. The van der Waals surface area contributed by atoms with Crippen LogP contribution in [0.2, 0.25) is 0 Å². The van der Waals surface area contributed by atoms with Crippen molar-refractivity contribution < 1.29 is 9.53 Å². The van der Waals surface area contributed by atoms with Gasteiger partial charge in [-0.05, 0) is 24.8 Å². The zero-order chi connectivity index (χ0) is 12.1. The van der Waals surface area contributed by atoms with Gasteiger partial charge in [-0.15, -0.1) is 0 Å². The summed E-state index contributed by atoms with van der Waals surface area (Å²) < 4.78 is 7.42. The van der Waals surface area contributed by atoms with Crippen LogP contribution in [0.1, 0.15) is 42.5 Å². The van der Waals surface area contributed by atoms with E-state index in [-0.39, 0.29) is 12.4 Å². The van der Waals surface area contributed by atoms with E-state index in [4.69, 9.17) is 4.74 Å². The van der Waals surface area contributed by atoms with E-state index in [1.165, 1.54) is 32.1 Å². The molecule has 1 aromatic rings. The molecule has 3 nitrogen and oxygen atoms in total. The van der Waals surface area contributed by atoms with E-state index in [1.54, 1.807) is 0 Å². The first-order chi connectivity index (χ1) is 8.25. The van der Waals surface area contributed by atoms with Crippen molar-refractivity contribution in [3.63, 3.8) is 0 Å². The molecule has 94 valence electrons. The molecule has 0 amide bonds. The maximum atomic E-state index is 11.8. The molecular weight excluding hydrogens is 214 g/mol. The number of carbonyl (C=O) groups is 1. The highest BCUT2D eigenvalue weighted by Crippen LogP contribution is 2.23. The number of hydrogen-bond acceptors (Lipinski definition) is 2. The summed E-state index contributed by atoms with van der Waals surface area (Å²) in [4.78, 5) is 11.8. The van der Waals surface area contributed by atoms with Crippen molar-refractivity contribution in [3.8, 4) is 0 Å². The molecule has 1 aromatic heterocycles. The lowest BCUT2D eigenvalue weighted by Gasteiger charge is -2.20. The molecule has 2 rings (SSSR count). The van der Waals surface area contributed by atoms with E-state index < -0.39 is 0 Å². The maximum Gasteiger partial charge on any atom is 0.189 e. The Morgan fingerprint density at radius 3 is 2.82 bits per heavy atom. The molecular formula is C14H21NO2. The lowest BCUT2D eigenvalue weighted by atomic mass is 9.90. The fourth-order valence-electron chi connectivity index (χ4n) is 2.42. The Bertz CT molecular complexity index is 364. The lowest BCUT2D eigenvalue weighted by Crippen LogP contribution is -2.17. The summed E-state index contributed by atoms with van der Waals surface area (Å²) in [6.07, 6.45) is 10.3. The van der Waals surface area contributed by atoms with Crippen LogP contribution in [0.4, 0.5) is 0 Å². The van der Waals surface area contributed by atoms with Crippen molar-refractivity contribution in [2.45, 2.75) is 32.1 Å². The van der Waals surface area contributed by atoms with E-state index in [1.807, 2.05) is 30.1 Å². The first-order valence-corrected chi connectivity index (χ1v) is 6.48. The number of nitrogens with zero attached hydrogens (tertiary/aromatic N) is 1. The Balaban J connectivity index is 1.69. The van der Waals surface area contributed by atoms with Gasteiger partial charge in [0.25, 0.3) is 0 Å². The third kappa shape index (κ3) is 3.70. The summed E-state index contributed by atoms with van der Waals surface area (Å²) in [6.45, 7) is 0.971. The summed E-state index contributed by atoms with van der Waals surface area (Å²) >= 11 is 0. The molecule has 1 saturated carbocycles. The molecule has 1 heterocycles. The summed E-state index contributed by atoms with van der Waals surface area (Å²) in [5, 5.41) is 0. The first kappa shape index (κ1) is 12.4. The Kier molecular flexibility index (Phi) is 4.37. The molecule has 0 N–H and O–H groups in total. The predicted molar refractivity (Wildman–Crippen MR) is 67.1 cm³/mol. The van der Waals surface area contributed by atoms with E-state index in [0.717, 1.165) is 12.2 Å². The lowest BCUT2D eigenvalue weighted by molar-refractivity contribution is 0.0628. The van der Waals surface area contributed by atoms with Crippen molar-refractivity contribution >= 4 is 5.78 Å². The van der Waals surface area contributed by atoms with Crippen LogP contribution < -0.4 is 0 Å². The van der Waals surface area contributed by atoms with Gasteiger partial charge in [0.2, 0.25) is 0 Å². The van der Waals surface area contributed by atoms with E-state index >= 15 is 0 Å². The highest BCUT2D eigenvalue weighted by Gasteiger charge is 2.14. The fourth-order valence-corrected chi connectivity index (χ4v) is 2.42. The zero-order valence-corrected chi connectivity index (χ0v) is 10.5. The monoisotopic (exact) mass is 235 g/mol. The van der Waals surface area contributed by atoms with E-state index in [9.17, 15) is 4.79 Å². The molecule has 0 saturated heterocycles. The molecule has 0 aromatic carbocycles. The molecule has 3 heteroatoms. The molecule has 0 radical (unpaired) electrons. The summed E-state index contributed by atoms with van der Waals surface area (Å²) in [6, 6.07) is 1.84. The van der Waals surface area contributed by atoms with Crippen molar-refractivity contribution in [2.75, 3.05) is 13.2 Å². The zero-order valence-electron chi connectivity index (χ0n) is 10.5. The summed E-state index contributed by atoms with van der Waals surface area (Å²) in [5.41, 5.74) is 0.746. The molecule has 0 unspecified atom stereocenters. The highest BCUT2D eigenvalue weighted by molar-refractivity contribution is 5.96. The molecule has 0 spiro atoms. The minimum Gasteiger partial charge on any atom is -0.373 e. The largest absolute Gasteiger partial charge is 0.373 e. The minimum atomic E-state index is 0.0846. The van der Waals surface area contributed by atoms with Gasteiger partial charge in [0.15, 0.2) is 5.78 Å². The van der Waals surface area contributed by atoms with Crippen molar-refractivity contribution in [2.24, 2.45) is 13.0 Å². The second-order valence-electron chi connectivity index (χ2n) is 5.01. The Hall–Kier alpha value is -1.09. The van der Waals surface area contributed by atoms with Gasteiger partial charge in [0.1, 0.15) is 6.61 Å². The predicted octanol–water partition coefficient (Wildman–Crippen LogP) is 2.80. The van der Waals surface area contributed by atoms with Gasteiger partial charge in [-0.25, -0.2) is 0 Å². The number of carbonyl (C=O) groups excluding carboxylic acids is 1. The molecule has 0 atom stereocenters. The maximum absolute atomic E-state index is 11.8. The second kappa shape index (κ2) is 6.01. The number of hydrogen-bond donors (Lipinski definition) is 0. The van der Waals surface area contributed by atoms with Gasteiger partial charge in [0, 0.05) is 25.0 Å². The number of aromatic nitrogens is 1. The topological polar surface area (TPSA) is 31.2 Å². The van der Waals surface area contributed by atoms with Crippen molar-refractivity contribution in [1.29, 1.82) is 0 Å². The minimum absolute atomic E-state index is 0.0846. The van der Waals surface area contributed by atoms with Crippen LogP contribution in [-0.4, -0.2) is 23.6 Å². The Labute approximate surface area is 103 Å². The molecule has 1 aliphatic rings. The smallest absolute Gasteiger partial charge is 0.189 e. The number of Topliss-reactive ketones (excluding diaryl/α,β-unsaturated/α-hetero) is 1. The quantitative estimate of drug-likeness (QED) is 0.735. The molecule has 0 aliphatic heterocycles. The highest BCUT2D eigenvalue weighted by atomic mass is 16.5. The van der Waals surface area contributed by atoms with Crippen molar-refractivity contribution in [1.82, 2.24) is 4.57 Å². The van der Waals surface area contributed by atoms with Gasteiger partial charge in [-0.2, -0.15) is 0 Å². The number of aryl methyl sites for hydroxylation is 1. The summed E-state index contributed by atoms with van der Waals surface area (Å²) in [5.74, 6) is 0.758. The van der Waals surface area contributed by atoms with Crippen LogP contribution in [-0.2, 0) is 11.8 Å². The number of ketones is 1. The van der Waals surface area contributed by atoms with Crippen LogP contribution in [0.15, 0.2) is 18.5 Å². The number of ether oxygens (including phenoxy) is 1. The third-order valence-corrected chi connectivity index (χ3v) is 3.47. The van der Waals surface area contributed by atoms with E-state index in [0.29, 0.717) is 5.92 Å². The van der Waals surface area contributed by atoms with Gasteiger partial charge in [-0.1, -0.05) is 19.3 Å². The van der Waals surface area contributed by atoms with Gasteiger partial charge in [-0.3, -0.25) is 4.79 Å². The van der Waals surface area contributed by atoms with Gasteiger partial charge >= 0.3 is 0 Å². The van der Waals surface area contributed by atoms with Crippen LogP contribution in [0, 0.1) is 5.92 Å². The van der Waals surface area contributed by atoms with Crippen LogP contribution in [0.5, 0.6) is 0 Å². The average Bonchev–Trinajstić information content (AvgIpc) is 2.77. The summed E-state index contributed by atoms with van der Waals surface area (Å²) in [7, 11) is 1.92. The standard InChI is InChI=1S/C14H21NO2/c1-15-8-7-13(9-15)14(16)11-17-10-12-5-3-2-4-6-12/h7-9,12H,2-6,10-11H2,1H3. The normalized spacial score (nSPS) is 17.2. The molecule has 0 bridgehead atoms. The van der Waals surface area contributed by atoms with Crippen molar-refractivity contribution in [3.05, 3.63) is 24.0 Å². The molecule has 17 heavy (non-hydrogen) atoms. The first-order valence-electron chi connectivity index (χ1n) is 6.48. The SMILES string of the molecule is Cn1ccc(C(=O)COCC2CCCCC2)c1. The van der Waals surface area contributed by atoms with Crippen LogP contribution in [0.25, 0.3) is 0 Å². The van der Waals surface area contributed by atoms with Crippen LogP contribution >= 0.6 is 0 Å². The van der Waals surface area contributed by atoms with Gasteiger partial charge in [0.05, 0.1) is 6.61 Å². The molecule has 1 aliphatic carbocycles. The molecule has 1 fully saturated rings. The average molecular weight is 235 g/mol. The van der Waals surface area contributed by atoms with E-state index in [2.05, 4.69) is 0 Å². The fraction of sp³-hybridized carbons (Fsp3) is 0.643. The Morgan fingerprint density at radius 1 is 1.41 bits per heavy atom. The van der Waals surface area contributed by atoms with Crippen LogP contribution in [0.3, 0.4) is 0 Å². The van der Waals surface area contributed by atoms with Gasteiger partial charge < -0.3 is 9.30 Å². The Morgan fingerprint density at radius 2 is 2.18 bits per heavy atom. The second-order valence-corrected chi connectivity index (χ2v) is 5.01.